The van der Waals surface area contributed by atoms with Crippen molar-refractivity contribution in [2.75, 3.05) is 23.8 Å². The van der Waals surface area contributed by atoms with Crippen LogP contribution in [-0.2, 0) is 4.74 Å². The zero-order valence-electron chi connectivity index (χ0n) is 18.0. The molecule has 8 nitrogen and oxygen atoms in total. The van der Waals surface area contributed by atoms with E-state index in [0.29, 0.717) is 56.2 Å². The molecule has 33 heavy (non-hydrogen) atoms. The van der Waals surface area contributed by atoms with Crippen molar-refractivity contribution in [2.45, 2.75) is 50.3 Å². The van der Waals surface area contributed by atoms with Gasteiger partial charge in [0.2, 0.25) is 5.95 Å². The van der Waals surface area contributed by atoms with Crippen LogP contribution >= 0.6 is 0 Å². The molecular weight excluding hydrogens is 437 g/mol. The molecule has 2 aliphatic rings. The highest BCUT2D eigenvalue weighted by Crippen LogP contribution is 2.34. The van der Waals surface area contributed by atoms with Crippen molar-refractivity contribution in [1.29, 1.82) is 5.41 Å². The van der Waals surface area contributed by atoms with Crippen LogP contribution in [0.3, 0.4) is 0 Å². The van der Waals surface area contributed by atoms with Gasteiger partial charge in [-0.3, -0.25) is 4.57 Å². The van der Waals surface area contributed by atoms with Crippen LogP contribution in [0.5, 0.6) is 0 Å². The van der Waals surface area contributed by atoms with Crippen molar-refractivity contribution in [1.82, 2.24) is 14.9 Å². The van der Waals surface area contributed by atoms with Crippen LogP contribution in [0.2, 0.25) is 0 Å². The average molecular weight is 464 g/mol. The van der Waals surface area contributed by atoms with E-state index in [-0.39, 0.29) is 29.8 Å². The first-order chi connectivity index (χ1) is 15.9. The quantitative estimate of drug-likeness (QED) is 0.381. The molecular formula is C22H27F3N6O2. The van der Waals surface area contributed by atoms with E-state index in [4.69, 9.17) is 10.1 Å². The summed E-state index contributed by atoms with van der Waals surface area (Å²) in [7, 11) is 0. The van der Waals surface area contributed by atoms with Gasteiger partial charge in [-0.05, 0) is 32.1 Å². The SMILES string of the molecule is C=C(Nc1c(C=N)nc(Nc2c(F)cc(F)cc2F)n1[C@H]1CCOC1)NC1CCC(O)CC1. The van der Waals surface area contributed by atoms with Gasteiger partial charge < -0.3 is 31.2 Å². The number of imidazole rings is 1. The van der Waals surface area contributed by atoms with Crippen molar-refractivity contribution in [3.8, 4) is 0 Å². The normalized spacial score (nSPS) is 22.7. The Bertz CT molecular complexity index is 1010. The third-order valence-electron chi connectivity index (χ3n) is 5.93. The Kier molecular flexibility index (Phi) is 6.89. The van der Waals surface area contributed by atoms with Crippen molar-refractivity contribution in [3.05, 3.63) is 47.7 Å². The van der Waals surface area contributed by atoms with Crippen LogP contribution in [0.15, 0.2) is 24.5 Å². The lowest BCUT2D eigenvalue weighted by Gasteiger charge is -2.28. The Morgan fingerprint density at radius 1 is 1.18 bits per heavy atom. The second-order valence-corrected chi connectivity index (χ2v) is 8.32. The molecule has 2 fully saturated rings. The standard InChI is InChI=1S/C22H27F3N6O2/c1-12(27-14-2-4-16(32)5-3-14)28-21-19(10-26)29-22(31(21)15-6-7-33-11-15)30-20-17(24)8-13(23)9-18(20)25/h8-10,14-16,26-28,32H,1-7,11H2,(H,29,30)/t14?,15-,16?/m0/s1. The molecule has 0 amide bonds. The number of aliphatic hydroxyl groups is 1. The van der Waals surface area contributed by atoms with Gasteiger partial charge in [0.25, 0.3) is 0 Å². The lowest BCUT2D eigenvalue weighted by atomic mass is 9.93. The minimum absolute atomic E-state index is 0.0875. The Balaban J connectivity index is 1.63. The Morgan fingerprint density at radius 3 is 2.48 bits per heavy atom. The fourth-order valence-corrected chi connectivity index (χ4v) is 4.26. The minimum Gasteiger partial charge on any atom is -0.393 e. The first-order valence-electron chi connectivity index (χ1n) is 10.9. The molecule has 1 aliphatic heterocycles. The number of nitrogens with one attached hydrogen (secondary N) is 4. The number of rotatable bonds is 8. The molecule has 0 bridgehead atoms. The first-order valence-corrected chi connectivity index (χ1v) is 10.9. The molecule has 1 atom stereocenters. The van der Waals surface area contributed by atoms with E-state index in [1.165, 1.54) is 0 Å². The Labute approximate surface area is 189 Å². The van der Waals surface area contributed by atoms with Gasteiger partial charge in [0, 0.05) is 31.0 Å². The van der Waals surface area contributed by atoms with Crippen LogP contribution in [0.4, 0.5) is 30.6 Å². The lowest BCUT2D eigenvalue weighted by Crippen LogP contribution is -2.36. The van der Waals surface area contributed by atoms with E-state index in [1.807, 2.05) is 0 Å². The smallest absolute Gasteiger partial charge is 0.210 e. The van der Waals surface area contributed by atoms with Gasteiger partial charge in [0.1, 0.15) is 23.0 Å². The number of hydrogen-bond acceptors (Lipinski definition) is 7. The maximum absolute atomic E-state index is 14.3. The number of aromatic nitrogens is 2. The number of halogens is 3. The van der Waals surface area contributed by atoms with Gasteiger partial charge in [0.15, 0.2) is 11.6 Å². The van der Waals surface area contributed by atoms with Gasteiger partial charge in [-0.15, -0.1) is 0 Å². The van der Waals surface area contributed by atoms with Crippen molar-refractivity contribution in [2.24, 2.45) is 0 Å². The second kappa shape index (κ2) is 9.84. The summed E-state index contributed by atoms with van der Waals surface area (Å²) in [5.74, 6) is -2.24. The molecule has 4 rings (SSSR count). The predicted octanol–water partition coefficient (Wildman–Crippen LogP) is 3.78. The molecule has 1 aromatic carbocycles. The number of hydrogen-bond donors (Lipinski definition) is 5. The number of nitrogens with zero attached hydrogens (tertiary/aromatic N) is 2. The number of ether oxygens (including phenoxy) is 1. The van der Waals surface area contributed by atoms with Crippen LogP contribution in [-0.4, -0.2) is 46.2 Å². The van der Waals surface area contributed by atoms with Crippen LogP contribution in [0.25, 0.3) is 0 Å². The second-order valence-electron chi connectivity index (χ2n) is 8.32. The molecule has 5 N–H and O–H groups in total. The summed E-state index contributed by atoms with van der Waals surface area (Å²) in [6.45, 7) is 4.88. The maximum atomic E-state index is 14.3. The summed E-state index contributed by atoms with van der Waals surface area (Å²) in [4.78, 5) is 4.34. The molecule has 2 heterocycles. The predicted molar refractivity (Wildman–Crippen MR) is 118 cm³/mol. The van der Waals surface area contributed by atoms with Crippen molar-refractivity contribution in [3.63, 3.8) is 0 Å². The monoisotopic (exact) mass is 464 g/mol. The summed E-state index contributed by atoms with van der Waals surface area (Å²) in [6, 6.07) is 1.10. The number of anilines is 3. The van der Waals surface area contributed by atoms with E-state index in [9.17, 15) is 18.3 Å². The largest absolute Gasteiger partial charge is 0.393 e. The molecule has 178 valence electrons. The van der Waals surface area contributed by atoms with Crippen molar-refractivity contribution < 1.29 is 23.0 Å². The molecule has 1 aliphatic carbocycles. The summed E-state index contributed by atoms with van der Waals surface area (Å²) in [6.07, 6.45) is 4.38. The fraction of sp³-hybridized carbons (Fsp3) is 0.455. The van der Waals surface area contributed by atoms with Gasteiger partial charge in [-0.25, -0.2) is 18.2 Å². The Morgan fingerprint density at radius 2 is 1.88 bits per heavy atom. The molecule has 0 unspecified atom stereocenters. The summed E-state index contributed by atoms with van der Waals surface area (Å²) >= 11 is 0. The number of benzene rings is 1. The highest BCUT2D eigenvalue weighted by atomic mass is 19.1. The van der Waals surface area contributed by atoms with E-state index < -0.39 is 23.1 Å². The minimum atomic E-state index is -1.10. The summed E-state index contributed by atoms with van der Waals surface area (Å²) in [5.41, 5.74) is -0.309. The van der Waals surface area contributed by atoms with E-state index in [2.05, 4.69) is 27.5 Å². The van der Waals surface area contributed by atoms with Crippen LogP contribution < -0.4 is 16.0 Å². The Hall–Kier alpha value is -3.05. The zero-order chi connectivity index (χ0) is 23.5. The molecule has 1 saturated carbocycles. The molecule has 0 radical (unpaired) electrons. The number of aliphatic hydroxyl groups excluding tert-OH is 1. The van der Waals surface area contributed by atoms with Gasteiger partial charge in [-0.1, -0.05) is 6.58 Å². The van der Waals surface area contributed by atoms with Gasteiger partial charge >= 0.3 is 0 Å². The van der Waals surface area contributed by atoms with Crippen LogP contribution in [0.1, 0.15) is 43.8 Å². The molecule has 1 saturated heterocycles. The highest BCUT2D eigenvalue weighted by molar-refractivity contribution is 5.84. The van der Waals surface area contributed by atoms with Gasteiger partial charge in [-0.2, -0.15) is 0 Å². The first kappa shape index (κ1) is 23.1. The summed E-state index contributed by atoms with van der Waals surface area (Å²) in [5, 5.41) is 26.6. The molecule has 0 spiro atoms. The highest BCUT2D eigenvalue weighted by Gasteiger charge is 2.28. The van der Waals surface area contributed by atoms with Gasteiger partial charge in [0.05, 0.1) is 24.6 Å². The molecule has 11 heteroatoms. The third-order valence-corrected chi connectivity index (χ3v) is 5.93. The van der Waals surface area contributed by atoms with E-state index in [0.717, 1.165) is 19.1 Å². The van der Waals surface area contributed by atoms with E-state index >= 15 is 0 Å². The van der Waals surface area contributed by atoms with Crippen molar-refractivity contribution >= 4 is 23.7 Å². The lowest BCUT2D eigenvalue weighted by molar-refractivity contribution is 0.119. The third kappa shape index (κ3) is 5.14. The van der Waals surface area contributed by atoms with E-state index in [1.54, 1.807) is 4.57 Å². The summed E-state index contributed by atoms with van der Waals surface area (Å²) < 4.78 is 49.1. The topological polar surface area (TPSA) is 107 Å². The fourth-order valence-electron chi connectivity index (χ4n) is 4.26. The molecule has 1 aromatic heterocycles. The van der Waals surface area contributed by atoms with Crippen LogP contribution in [0, 0.1) is 22.9 Å². The maximum Gasteiger partial charge on any atom is 0.210 e. The zero-order valence-corrected chi connectivity index (χ0v) is 18.0. The average Bonchev–Trinajstić information content (AvgIpc) is 3.40. The molecule has 2 aromatic rings.